The summed E-state index contributed by atoms with van der Waals surface area (Å²) >= 11 is 0. The summed E-state index contributed by atoms with van der Waals surface area (Å²) in [4.78, 5) is 10.8. The van der Waals surface area contributed by atoms with E-state index >= 15 is 0 Å². The molecule has 0 saturated heterocycles. The third kappa shape index (κ3) is 1.50. The van der Waals surface area contributed by atoms with Gasteiger partial charge in [0.2, 0.25) is 0 Å². The van der Waals surface area contributed by atoms with Crippen LogP contribution in [0.25, 0.3) is 0 Å². The van der Waals surface area contributed by atoms with E-state index in [1.165, 1.54) is 0 Å². The van der Waals surface area contributed by atoms with Crippen molar-refractivity contribution in [3.8, 4) is 0 Å². The molecule has 1 aliphatic rings. The molecule has 16 heavy (non-hydrogen) atoms. The van der Waals surface area contributed by atoms with Gasteiger partial charge in [0, 0.05) is 12.8 Å². The van der Waals surface area contributed by atoms with E-state index in [2.05, 4.69) is 0 Å². The maximum Gasteiger partial charge on any atom is 0.323 e. The Hall–Kier alpha value is -1.42. The molecule has 0 aliphatic heterocycles. The smallest absolute Gasteiger partial charge is 0.323 e. The topological polar surface area (TPSA) is 63.3 Å². The van der Waals surface area contributed by atoms with Crippen molar-refractivity contribution >= 4 is 5.97 Å². The predicted octanol–water partition coefficient (Wildman–Crippen LogP) is 1.74. The van der Waals surface area contributed by atoms with E-state index in [0.29, 0.717) is 5.56 Å². The van der Waals surface area contributed by atoms with Gasteiger partial charge >= 0.3 is 5.97 Å². The second-order valence-corrected chi connectivity index (χ2v) is 4.60. The van der Waals surface area contributed by atoms with Gasteiger partial charge in [-0.2, -0.15) is 0 Å². The molecular formula is C12H14FNO2. The Balaban J connectivity index is 2.26. The molecule has 0 atom stereocenters. The van der Waals surface area contributed by atoms with Crippen LogP contribution in [0.4, 0.5) is 4.39 Å². The highest BCUT2D eigenvalue weighted by molar-refractivity contribution is 5.80. The fourth-order valence-corrected chi connectivity index (χ4v) is 2.37. The molecule has 0 heterocycles. The van der Waals surface area contributed by atoms with Gasteiger partial charge in [-0.05, 0) is 18.1 Å². The van der Waals surface area contributed by atoms with Crippen molar-refractivity contribution < 1.29 is 14.3 Å². The molecule has 0 radical (unpaired) electrons. The Morgan fingerprint density at radius 1 is 1.44 bits per heavy atom. The van der Waals surface area contributed by atoms with Gasteiger partial charge in [-0.25, -0.2) is 4.39 Å². The lowest BCUT2D eigenvalue weighted by atomic mass is 9.63. The number of carboxylic acids is 1. The van der Waals surface area contributed by atoms with Crippen LogP contribution in [0.2, 0.25) is 0 Å². The van der Waals surface area contributed by atoms with E-state index in [9.17, 15) is 9.18 Å². The Bertz CT molecular complexity index is 438. The second kappa shape index (κ2) is 3.28. The number of benzene rings is 1. The van der Waals surface area contributed by atoms with E-state index < -0.39 is 17.2 Å². The van der Waals surface area contributed by atoms with Gasteiger partial charge in [0.25, 0.3) is 0 Å². The van der Waals surface area contributed by atoms with E-state index in [-0.39, 0.29) is 12.8 Å². The SMILES string of the molecule is Cc1ccccc1C1(F)CC(N)(C(=O)O)C1. The molecule has 0 aromatic heterocycles. The maximum atomic E-state index is 14.4. The summed E-state index contributed by atoms with van der Waals surface area (Å²) in [5.74, 6) is -1.13. The molecule has 2 rings (SSSR count). The largest absolute Gasteiger partial charge is 0.480 e. The zero-order valence-corrected chi connectivity index (χ0v) is 9.03. The zero-order valence-electron chi connectivity index (χ0n) is 9.03. The number of carbonyl (C=O) groups is 1. The van der Waals surface area contributed by atoms with E-state index in [1.54, 1.807) is 12.1 Å². The van der Waals surface area contributed by atoms with Gasteiger partial charge in [0.15, 0.2) is 0 Å². The minimum atomic E-state index is -1.58. The number of alkyl halides is 1. The Morgan fingerprint density at radius 2 is 2.00 bits per heavy atom. The predicted molar refractivity (Wildman–Crippen MR) is 57.8 cm³/mol. The minimum Gasteiger partial charge on any atom is -0.480 e. The van der Waals surface area contributed by atoms with Crippen LogP contribution < -0.4 is 5.73 Å². The van der Waals surface area contributed by atoms with Crippen LogP contribution >= 0.6 is 0 Å². The molecule has 3 nitrogen and oxygen atoms in total. The molecule has 1 saturated carbocycles. The molecule has 0 spiro atoms. The van der Waals surface area contributed by atoms with Crippen molar-refractivity contribution in [2.75, 3.05) is 0 Å². The van der Waals surface area contributed by atoms with Crippen LogP contribution in [-0.2, 0) is 10.5 Å². The van der Waals surface area contributed by atoms with Crippen molar-refractivity contribution in [3.05, 3.63) is 35.4 Å². The summed E-state index contributed by atoms with van der Waals surface area (Å²) in [6.07, 6.45) is -0.305. The Kier molecular flexibility index (Phi) is 2.27. The van der Waals surface area contributed by atoms with E-state index in [4.69, 9.17) is 10.8 Å². The van der Waals surface area contributed by atoms with Gasteiger partial charge in [0.1, 0.15) is 11.2 Å². The highest BCUT2D eigenvalue weighted by Crippen LogP contribution is 2.51. The van der Waals surface area contributed by atoms with Crippen LogP contribution in [0.5, 0.6) is 0 Å². The molecule has 0 unspecified atom stereocenters. The highest BCUT2D eigenvalue weighted by Gasteiger charge is 2.59. The normalized spacial score (nSPS) is 33.2. The standard InChI is InChI=1S/C12H14FNO2/c1-8-4-2-3-5-9(8)11(13)6-12(14,7-11)10(15)16/h2-5H,6-7,14H2,1H3,(H,15,16). The fourth-order valence-electron chi connectivity index (χ4n) is 2.37. The number of nitrogens with two attached hydrogens (primary N) is 1. The number of aliphatic carboxylic acids is 1. The lowest BCUT2D eigenvalue weighted by molar-refractivity contribution is -0.155. The van der Waals surface area contributed by atoms with Crippen molar-refractivity contribution in [1.82, 2.24) is 0 Å². The summed E-state index contributed by atoms with van der Waals surface area (Å²) in [6.45, 7) is 1.81. The average Bonchev–Trinajstić information content (AvgIpc) is 2.15. The lowest BCUT2D eigenvalue weighted by Crippen LogP contribution is -2.63. The van der Waals surface area contributed by atoms with Crippen LogP contribution in [0.15, 0.2) is 24.3 Å². The van der Waals surface area contributed by atoms with E-state index in [1.807, 2.05) is 19.1 Å². The number of carboxylic acid groups (broad SMARTS) is 1. The second-order valence-electron chi connectivity index (χ2n) is 4.60. The Morgan fingerprint density at radius 3 is 2.50 bits per heavy atom. The fraction of sp³-hybridized carbons (Fsp3) is 0.417. The molecule has 86 valence electrons. The van der Waals surface area contributed by atoms with Crippen molar-refractivity contribution in [1.29, 1.82) is 0 Å². The first-order chi connectivity index (χ1) is 7.37. The quantitative estimate of drug-likeness (QED) is 0.802. The van der Waals surface area contributed by atoms with Crippen molar-refractivity contribution in [3.63, 3.8) is 0 Å². The summed E-state index contributed by atoms with van der Waals surface area (Å²) in [5, 5.41) is 8.85. The summed E-state index contributed by atoms with van der Waals surface area (Å²) < 4.78 is 14.4. The van der Waals surface area contributed by atoms with Crippen molar-refractivity contribution in [2.45, 2.75) is 31.0 Å². The molecule has 1 fully saturated rings. The third-order valence-corrected chi connectivity index (χ3v) is 3.25. The molecular weight excluding hydrogens is 209 g/mol. The number of halogens is 1. The summed E-state index contributed by atoms with van der Waals surface area (Å²) in [6, 6.07) is 7.08. The first-order valence-electron chi connectivity index (χ1n) is 5.15. The monoisotopic (exact) mass is 223 g/mol. The molecule has 1 aliphatic carbocycles. The van der Waals surface area contributed by atoms with Crippen molar-refractivity contribution in [2.24, 2.45) is 5.73 Å². The summed E-state index contributed by atoms with van der Waals surface area (Å²) in [7, 11) is 0. The van der Waals surface area contributed by atoms with Gasteiger partial charge in [-0.15, -0.1) is 0 Å². The highest BCUT2D eigenvalue weighted by atomic mass is 19.1. The molecule has 0 bridgehead atoms. The minimum absolute atomic E-state index is 0.153. The third-order valence-electron chi connectivity index (χ3n) is 3.25. The van der Waals surface area contributed by atoms with Gasteiger partial charge in [-0.3, -0.25) is 4.79 Å². The Labute approximate surface area is 93.1 Å². The summed E-state index contributed by atoms with van der Waals surface area (Å²) in [5.41, 5.74) is 3.96. The van der Waals surface area contributed by atoms with Gasteiger partial charge in [-0.1, -0.05) is 24.3 Å². The molecule has 1 aromatic carbocycles. The van der Waals surface area contributed by atoms with Gasteiger partial charge in [0.05, 0.1) is 0 Å². The maximum absolute atomic E-state index is 14.4. The van der Waals surface area contributed by atoms with Crippen LogP contribution in [-0.4, -0.2) is 16.6 Å². The van der Waals surface area contributed by atoms with E-state index in [0.717, 1.165) is 5.56 Å². The van der Waals surface area contributed by atoms with Crippen LogP contribution in [0.1, 0.15) is 24.0 Å². The number of hydrogen-bond acceptors (Lipinski definition) is 2. The first-order valence-corrected chi connectivity index (χ1v) is 5.15. The zero-order chi connectivity index (χ0) is 12.0. The molecule has 3 N–H and O–H groups in total. The number of rotatable bonds is 2. The number of hydrogen-bond donors (Lipinski definition) is 2. The molecule has 4 heteroatoms. The first kappa shape index (κ1) is 11.1. The molecule has 1 aromatic rings. The average molecular weight is 223 g/mol. The lowest BCUT2D eigenvalue weighted by Gasteiger charge is -2.47. The van der Waals surface area contributed by atoms with Crippen LogP contribution in [0.3, 0.4) is 0 Å². The molecule has 0 amide bonds. The van der Waals surface area contributed by atoms with Gasteiger partial charge < -0.3 is 10.8 Å². The number of aryl methyl sites for hydroxylation is 1. The van der Waals surface area contributed by atoms with Crippen LogP contribution in [0, 0.1) is 6.92 Å².